The van der Waals surface area contributed by atoms with Crippen LogP contribution in [0.2, 0.25) is 0 Å². The lowest BCUT2D eigenvalue weighted by molar-refractivity contribution is 0.0655. The van der Waals surface area contributed by atoms with Gasteiger partial charge in [0.1, 0.15) is 11.5 Å². The number of para-hydroxylation sites is 1. The van der Waals surface area contributed by atoms with Crippen molar-refractivity contribution >= 4 is 28.4 Å². The minimum atomic E-state index is -0.374. The summed E-state index contributed by atoms with van der Waals surface area (Å²) in [6.45, 7) is 2.07. The fourth-order valence-electron chi connectivity index (χ4n) is 4.77. The van der Waals surface area contributed by atoms with Crippen LogP contribution in [0, 0.1) is 12.7 Å². The molecule has 2 aliphatic rings. The molecule has 3 aromatic rings. The first-order valence-corrected chi connectivity index (χ1v) is 10.8. The molecule has 0 spiro atoms. The number of halogens is 1. The van der Waals surface area contributed by atoms with Crippen LogP contribution < -0.4 is 5.32 Å². The van der Waals surface area contributed by atoms with Crippen LogP contribution in [0.5, 0.6) is 0 Å². The van der Waals surface area contributed by atoms with Gasteiger partial charge in [0.25, 0.3) is 11.8 Å². The molecule has 2 aromatic carbocycles. The number of carbonyl (C=O) groups is 2. The maximum absolute atomic E-state index is 14.0. The molecule has 0 bridgehead atoms. The first-order chi connectivity index (χ1) is 15.0. The number of nitrogens with zero attached hydrogens (tertiary/aromatic N) is 2. The predicted molar refractivity (Wildman–Crippen MR) is 118 cm³/mol. The van der Waals surface area contributed by atoms with E-state index >= 15 is 0 Å². The highest BCUT2D eigenvalue weighted by Crippen LogP contribution is 2.35. The molecule has 1 N–H and O–H groups in total. The lowest BCUT2D eigenvalue weighted by atomic mass is 9.94. The quantitative estimate of drug-likeness (QED) is 0.635. The van der Waals surface area contributed by atoms with Gasteiger partial charge < -0.3 is 10.2 Å². The Hall–Kier alpha value is -3.28. The van der Waals surface area contributed by atoms with Crippen molar-refractivity contribution in [3.8, 4) is 0 Å². The van der Waals surface area contributed by atoms with Gasteiger partial charge in [-0.25, -0.2) is 9.37 Å². The summed E-state index contributed by atoms with van der Waals surface area (Å²) in [5.74, 6) is -0.819. The van der Waals surface area contributed by atoms with Crippen LogP contribution in [0.3, 0.4) is 0 Å². The Labute approximate surface area is 180 Å². The molecule has 1 fully saturated rings. The zero-order valence-electron chi connectivity index (χ0n) is 17.5. The third-order valence-corrected chi connectivity index (χ3v) is 6.46. The first kappa shape index (κ1) is 19.7. The normalized spacial score (nSPS) is 16.6. The summed E-state index contributed by atoms with van der Waals surface area (Å²) >= 11 is 0. The Kier molecular flexibility index (Phi) is 4.93. The van der Waals surface area contributed by atoms with Crippen molar-refractivity contribution in [2.45, 2.75) is 51.6 Å². The highest BCUT2D eigenvalue weighted by atomic mass is 19.1. The summed E-state index contributed by atoms with van der Waals surface area (Å²) in [6.07, 6.45) is 5.42. The molecule has 1 aromatic heterocycles. The molecule has 5 rings (SSSR count). The molecule has 0 unspecified atom stereocenters. The number of hydrogen-bond donors (Lipinski definition) is 1. The smallest absolute Gasteiger partial charge is 0.273 e. The summed E-state index contributed by atoms with van der Waals surface area (Å²) in [5, 5.41) is 3.52. The van der Waals surface area contributed by atoms with Gasteiger partial charge in [-0.15, -0.1) is 0 Å². The summed E-state index contributed by atoms with van der Waals surface area (Å²) in [6, 6.07) is 12.2. The number of anilines is 1. The summed E-state index contributed by atoms with van der Waals surface area (Å²) in [5.41, 5.74) is 3.00. The van der Waals surface area contributed by atoms with Crippen molar-refractivity contribution in [3.63, 3.8) is 0 Å². The molecule has 5 nitrogen and oxygen atoms in total. The van der Waals surface area contributed by atoms with Gasteiger partial charge in [0.15, 0.2) is 0 Å². The molecule has 1 aliphatic carbocycles. The van der Waals surface area contributed by atoms with Crippen LogP contribution in [-0.4, -0.2) is 27.7 Å². The summed E-state index contributed by atoms with van der Waals surface area (Å²) in [4.78, 5) is 33.1. The number of benzene rings is 2. The lowest BCUT2D eigenvalue weighted by Gasteiger charge is -2.30. The molecule has 1 aliphatic heterocycles. The molecule has 158 valence electrons. The van der Waals surface area contributed by atoms with E-state index in [4.69, 9.17) is 0 Å². The average Bonchev–Trinajstić information content (AvgIpc) is 3.11. The molecular weight excluding hydrogens is 393 g/mol. The van der Waals surface area contributed by atoms with E-state index in [1.54, 1.807) is 19.1 Å². The number of carbonyl (C=O) groups excluding carboxylic acids is 2. The Balaban J connectivity index is 1.57. The van der Waals surface area contributed by atoms with E-state index in [0.29, 0.717) is 45.5 Å². The highest BCUT2D eigenvalue weighted by Gasteiger charge is 2.38. The lowest BCUT2D eigenvalue weighted by Crippen LogP contribution is -2.37. The molecule has 6 heteroatoms. The Morgan fingerprint density at radius 3 is 2.68 bits per heavy atom. The van der Waals surface area contributed by atoms with Crippen LogP contribution in [-0.2, 0) is 6.54 Å². The van der Waals surface area contributed by atoms with E-state index in [1.807, 2.05) is 29.2 Å². The van der Waals surface area contributed by atoms with Gasteiger partial charge in [0, 0.05) is 29.2 Å². The Bertz CT molecular complexity index is 1200. The number of hydrogen-bond acceptors (Lipinski definition) is 3. The van der Waals surface area contributed by atoms with Crippen molar-refractivity contribution < 1.29 is 14.0 Å². The second-order valence-corrected chi connectivity index (χ2v) is 8.47. The second-order valence-electron chi connectivity index (χ2n) is 8.47. The number of aryl methyl sites for hydroxylation is 1. The summed E-state index contributed by atoms with van der Waals surface area (Å²) in [7, 11) is 0. The van der Waals surface area contributed by atoms with E-state index in [-0.39, 0.29) is 23.7 Å². The summed E-state index contributed by atoms with van der Waals surface area (Å²) < 4.78 is 14.0. The fourth-order valence-corrected chi connectivity index (χ4v) is 4.77. The van der Waals surface area contributed by atoms with Gasteiger partial charge in [-0.05, 0) is 43.5 Å². The van der Waals surface area contributed by atoms with E-state index < -0.39 is 0 Å². The van der Waals surface area contributed by atoms with Gasteiger partial charge in [0.2, 0.25) is 0 Å². The number of nitrogens with one attached hydrogen (secondary N) is 1. The predicted octanol–water partition coefficient (Wildman–Crippen LogP) is 5.22. The molecule has 31 heavy (non-hydrogen) atoms. The number of fused-ring (bicyclic) bond motifs is 2. The Morgan fingerprint density at radius 2 is 1.90 bits per heavy atom. The van der Waals surface area contributed by atoms with Gasteiger partial charge in [0.05, 0.1) is 11.1 Å². The number of aromatic nitrogens is 1. The highest BCUT2D eigenvalue weighted by molar-refractivity contribution is 6.16. The largest absolute Gasteiger partial charge is 0.330 e. The molecule has 0 atom stereocenters. The number of pyridine rings is 1. The van der Waals surface area contributed by atoms with Gasteiger partial charge in [-0.3, -0.25) is 9.59 Å². The van der Waals surface area contributed by atoms with Crippen molar-refractivity contribution in [1.29, 1.82) is 0 Å². The van der Waals surface area contributed by atoms with Crippen LogP contribution in [0.15, 0.2) is 42.5 Å². The maximum Gasteiger partial charge on any atom is 0.273 e. The minimum Gasteiger partial charge on any atom is -0.330 e. The number of rotatable bonds is 3. The van der Waals surface area contributed by atoms with Crippen LogP contribution >= 0.6 is 0 Å². The van der Waals surface area contributed by atoms with Gasteiger partial charge in [-0.1, -0.05) is 43.5 Å². The minimum absolute atomic E-state index is 0.0944. The van der Waals surface area contributed by atoms with E-state index in [1.165, 1.54) is 12.5 Å². The van der Waals surface area contributed by atoms with E-state index in [9.17, 15) is 14.0 Å². The van der Waals surface area contributed by atoms with Crippen molar-refractivity contribution in [3.05, 3.63) is 70.7 Å². The van der Waals surface area contributed by atoms with Gasteiger partial charge in [-0.2, -0.15) is 0 Å². The molecule has 1 saturated carbocycles. The maximum atomic E-state index is 14.0. The van der Waals surface area contributed by atoms with Crippen LogP contribution in [0.25, 0.3) is 10.9 Å². The Morgan fingerprint density at radius 1 is 1.13 bits per heavy atom. The second kappa shape index (κ2) is 7.76. The molecular formula is C25H24FN3O2. The zero-order chi connectivity index (χ0) is 21.5. The van der Waals surface area contributed by atoms with Crippen molar-refractivity contribution in [2.75, 3.05) is 5.32 Å². The van der Waals surface area contributed by atoms with Crippen molar-refractivity contribution in [2.24, 2.45) is 0 Å². The first-order valence-electron chi connectivity index (χ1n) is 10.8. The van der Waals surface area contributed by atoms with Crippen molar-refractivity contribution in [1.82, 2.24) is 9.88 Å². The molecule has 0 saturated heterocycles. The number of amides is 2. The topological polar surface area (TPSA) is 62.3 Å². The van der Waals surface area contributed by atoms with E-state index in [2.05, 4.69) is 10.3 Å². The monoisotopic (exact) mass is 417 g/mol. The molecule has 2 heterocycles. The molecule has 2 amide bonds. The van der Waals surface area contributed by atoms with Crippen LogP contribution in [0.1, 0.15) is 64.1 Å². The molecule has 0 radical (unpaired) electrons. The average molecular weight is 417 g/mol. The third kappa shape index (κ3) is 3.46. The van der Waals surface area contributed by atoms with Gasteiger partial charge >= 0.3 is 0 Å². The van der Waals surface area contributed by atoms with Crippen LogP contribution in [0.4, 0.5) is 10.1 Å². The van der Waals surface area contributed by atoms with E-state index in [0.717, 1.165) is 25.7 Å². The fraction of sp³-hybridized carbons (Fsp3) is 0.320. The SMILES string of the molecule is Cc1ccc(NC(=O)c2c3c(nc4ccccc24)C(=O)N(C2CCCCC2)C3)cc1F. The standard InChI is InChI=1S/C25H24FN3O2/c1-15-11-12-16(13-20(15)26)27-24(30)22-18-9-5-6-10-21(18)28-23-19(22)14-29(25(23)31)17-7-3-2-4-8-17/h5-6,9-13,17H,2-4,7-8,14H2,1H3,(H,27,30). The third-order valence-electron chi connectivity index (χ3n) is 6.46. The zero-order valence-corrected chi connectivity index (χ0v) is 17.5.